The van der Waals surface area contributed by atoms with E-state index in [1.54, 1.807) is 0 Å². The predicted molar refractivity (Wildman–Crippen MR) is 41.1 cm³/mol. The molecule has 0 heterocycles. The Labute approximate surface area is 74.4 Å². The SMILES string of the molecule is O=C(O)[C@@H](CCCO)[C@@H](O)C(=O)O. The Balaban J connectivity index is 4.24. The number of aliphatic carboxylic acids is 2. The molecule has 6 heteroatoms. The molecule has 0 aromatic heterocycles. The van der Waals surface area contributed by atoms with Gasteiger partial charge in [0.1, 0.15) is 0 Å². The number of carboxylic acid groups (broad SMARTS) is 2. The van der Waals surface area contributed by atoms with Crippen LogP contribution in [0.4, 0.5) is 0 Å². The monoisotopic (exact) mass is 192 g/mol. The number of carbonyl (C=O) groups is 2. The zero-order valence-electron chi connectivity index (χ0n) is 6.88. The molecule has 0 saturated carbocycles. The molecule has 0 aliphatic heterocycles. The van der Waals surface area contributed by atoms with Crippen LogP contribution in [0.5, 0.6) is 0 Å². The summed E-state index contributed by atoms with van der Waals surface area (Å²) in [6.07, 6.45) is -1.82. The molecule has 2 atom stereocenters. The fourth-order valence-electron chi connectivity index (χ4n) is 0.900. The maximum atomic E-state index is 10.4. The van der Waals surface area contributed by atoms with E-state index in [1.807, 2.05) is 0 Å². The Kier molecular flexibility index (Phi) is 5.01. The molecule has 0 rings (SSSR count). The molecule has 6 nitrogen and oxygen atoms in total. The average molecular weight is 192 g/mol. The first-order valence-electron chi connectivity index (χ1n) is 3.75. The number of aliphatic hydroxyl groups excluding tert-OH is 2. The maximum absolute atomic E-state index is 10.4. The fraction of sp³-hybridized carbons (Fsp3) is 0.714. The molecule has 0 aliphatic carbocycles. The van der Waals surface area contributed by atoms with Crippen molar-refractivity contribution in [3.05, 3.63) is 0 Å². The molecule has 0 fully saturated rings. The summed E-state index contributed by atoms with van der Waals surface area (Å²) in [6, 6.07) is 0. The van der Waals surface area contributed by atoms with Gasteiger partial charge in [-0.05, 0) is 12.8 Å². The van der Waals surface area contributed by atoms with Crippen LogP contribution in [0.3, 0.4) is 0 Å². The minimum absolute atomic E-state index is 0.0563. The van der Waals surface area contributed by atoms with Gasteiger partial charge in [-0.3, -0.25) is 4.79 Å². The molecule has 13 heavy (non-hydrogen) atoms. The zero-order chi connectivity index (χ0) is 10.4. The Morgan fingerprint density at radius 2 is 1.69 bits per heavy atom. The second-order valence-electron chi connectivity index (χ2n) is 2.59. The molecular formula is C7H12O6. The van der Waals surface area contributed by atoms with Crippen molar-refractivity contribution in [2.24, 2.45) is 5.92 Å². The highest BCUT2D eigenvalue weighted by Gasteiger charge is 2.31. The lowest BCUT2D eigenvalue weighted by molar-refractivity contribution is -0.159. The number of carboxylic acids is 2. The lowest BCUT2D eigenvalue weighted by atomic mass is 9.97. The second-order valence-corrected chi connectivity index (χ2v) is 2.59. The number of hydrogen-bond donors (Lipinski definition) is 4. The first-order valence-corrected chi connectivity index (χ1v) is 3.75. The topological polar surface area (TPSA) is 115 Å². The van der Waals surface area contributed by atoms with Crippen molar-refractivity contribution in [1.82, 2.24) is 0 Å². The Morgan fingerprint density at radius 3 is 2.00 bits per heavy atom. The third kappa shape index (κ3) is 3.86. The van der Waals surface area contributed by atoms with Crippen molar-refractivity contribution in [2.75, 3.05) is 6.61 Å². The second kappa shape index (κ2) is 5.50. The summed E-state index contributed by atoms with van der Waals surface area (Å²) in [5.74, 6) is -4.29. The molecule has 4 N–H and O–H groups in total. The largest absolute Gasteiger partial charge is 0.481 e. The summed E-state index contributed by atoms with van der Waals surface area (Å²) in [5.41, 5.74) is 0. The molecule has 0 bridgehead atoms. The third-order valence-electron chi connectivity index (χ3n) is 1.62. The first-order chi connectivity index (χ1) is 6.00. The van der Waals surface area contributed by atoms with Gasteiger partial charge in [-0.15, -0.1) is 0 Å². The number of rotatable bonds is 6. The highest BCUT2D eigenvalue weighted by Crippen LogP contribution is 2.12. The summed E-state index contributed by atoms with van der Waals surface area (Å²) in [4.78, 5) is 20.7. The molecule has 0 spiro atoms. The van der Waals surface area contributed by atoms with Crippen molar-refractivity contribution in [2.45, 2.75) is 18.9 Å². The van der Waals surface area contributed by atoms with Crippen molar-refractivity contribution in [1.29, 1.82) is 0 Å². The molecule has 0 aromatic rings. The molecule has 0 amide bonds. The van der Waals surface area contributed by atoms with Gasteiger partial charge in [0.05, 0.1) is 5.92 Å². The van der Waals surface area contributed by atoms with Gasteiger partial charge in [0.2, 0.25) is 0 Å². The minimum Gasteiger partial charge on any atom is -0.481 e. The summed E-state index contributed by atoms with van der Waals surface area (Å²) >= 11 is 0. The Morgan fingerprint density at radius 1 is 1.15 bits per heavy atom. The summed E-state index contributed by atoms with van der Waals surface area (Å²) in [5, 5.41) is 34.2. The summed E-state index contributed by atoms with van der Waals surface area (Å²) in [7, 11) is 0. The van der Waals surface area contributed by atoms with E-state index in [4.69, 9.17) is 20.4 Å². The fourth-order valence-corrected chi connectivity index (χ4v) is 0.900. The zero-order valence-corrected chi connectivity index (χ0v) is 6.88. The maximum Gasteiger partial charge on any atom is 0.333 e. The van der Waals surface area contributed by atoms with Gasteiger partial charge in [0.15, 0.2) is 6.10 Å². The molecule has 0 saturated heterocycles. The van der Waals surface area contributed by atoms with Crippen LogP contribution in [0.25, 0.3) is 0 Å². The average Bonchev–Trinajstić information content (AvgIpc) is 2.04. The first kappa shape index (κ1) is 11.9. The van der Waals surface area contributed by atoms with Crippen LogP contribution in [0.15, 0.2) is 0 Å². The van der Waals surface area contributed by atoms with Gasteiger partial charge in [-0.25, -0.2) is 4.79 Å². The van der Waals surface area contributed by atoms with Crippen molar-refractivity contribution in [3.63, 3.8) is 0 Å². The number of aliphatic hydroxyl groups is 2. The van der Waals surface area contributed by atoms with Crippen molar-refractivity contribution in [3.8, 4) is 0 Å². The van der Waals surface area contributed by atoms with E-state index in [0.717, 1.165) is 0 Å². The number of hydrogen-bond acceptors (Lipinski definition) is 4. The van der Waals surface area contributed by atoms with Crippen LogP contribution in [0, 0.1) is 5.92 Å². The summed E-state index contributed by atoms with van der Waals surface area (Å²) < 4.78 is 0. The quantitative estimate of drug-likeness (QED) is 0.425. The van der Waals surface area contributed by atoms with Crippen LogP contribution in [-0.4, -0.2) is 45.1 Å². The van der Waals surface area contributed by atoms with E-state index in [2.05, 4.69) is 0 Å². The van der Waals surface area contributed by atoms with Crippen LogP contribution in [0.1, 0.15) is 12.8 Å². The van der Waals surface area contributed by atoms with E-state index in [0.29, 0.717) is 0 Å². The van der Waals surface area contributed by atoms with E-state index in [1.165, 1.54) is 0 Å². The van der Waals surface area contributed by atoms with Gasteiger partial charge in [-0.2, -0.15) is 0 Å². The lowest BCUT2D eigenvalue weighted by Crippen LogP contribution is -2.34. The third-order valence-corrected chi connectivity index (χ3v) is 1.62. The Hall–Kier alpha value is -1.14. The highest BCUT2D eigenvalue weighted by molar-refractivity contribution is 5.81. The molecule has 0 aliphatic rings. The van der Waals surface area contributed by atoms with Gasteiger partial charge in [0, 0.05) is 6.61 Å². The lowest BCUT2D eigenvalue weighted by Gasteiger charge is -2.14. The van der Waals surface area contributed by atoms with Crippen LogP contribution in [0.2, 0.25) is 0 Å². The molecule has 0 unspecified atom stereocenters. The highest BCUT2D eigenvalue weighted by atomic mass is 16.4. The van der Waals surface area contributed by atoms with Crippen LogP contribution < -0.4 is 0 Å². The molecule has 0 radical (unpaired) electrons. The minimum atomic E-state index is -1.91. The van der Waals surface area contributed by atoms with E-state index in [-0.39, 0.29) is 19.4 Å². The van der Waals surface area contributed by atoms with E-state index >= 15 is 0 Å². The van der Waals surface area contributed by atoms with Gasteiger partial charge < -0.3 is 20.4 Å². The smallest absolute Gasteiger partial charge is 0.333 e. The van der Waals surface area contributed by atoms with E-state index in [9.17, 15) is 9.59 Å². The van der Waals surface area contributed by atoms with Crippen LogP contribution in [-0.2, 0) is 9.59 Å². The van der Waals surface area contributed by atoms with E-state index < -0.39 is 24.0 Å². The van der Waals surface area contributed by atoms with Gasteiger partial charge in [-0.1, -0.05) is 0 Å². The summed E-state index contributed by atoms with van der Waals surface area (Å²) in [6.45, 7) is -0.226. The van der Waals surface area contributed by atoms with Gasteiger partial charge in [0.25, 0.3) is 0 Å². The van der Waals surface area contributed by atoms with Crippen molar-refractivity contribution >= 4 is 11.9 Å². The van der Waals surface area contributed by atoms with Crippen LogP contribution >= 0.6 is 0 Å². The molecular weight excluding hydrogens is 180 g/mol. The normalized spacial score (nSPS) is 14.9. The Bertz CT molecular complexity index is 189. The standard InChI is InChI=1S/C7H12O6/c8-3-1-2-4(6(10)11)5(9)7(12)13/h4-5,8-9H,1-3H2,(H,10,11)(H,12,13)/t4-,5+/m0/s1. The van der Waals surface area contributed by atoms with Gasteiger partial charge >= 0.3 is 11.9 Å². The molecule has 0 aromatic carbocycles. The predicted octanol–water partition coefficient (Wildman–Crippen LogP) is -1.09. The van der Waals surface area contributed by atoms with Crippen molar-refractivity contribution < 1.29 is 30.0 Å². The molecule has 76 valence electrons.